The number of rotatable bonds is 9. The molecule has 144 valence electrons. The van der Waals surface area contributed by atoms with Gasteiger partial charge in [-0.3, -0.25) is 4.99 Å². The minimum Gasteiger partial charge on any atom is -0.494 e. The van der Waals surface area contributed by atoms with E-state index in [0.29, 0.717) is 25.5 Å². The molecular formula is C17H30IN3O3S. The lowest BCUT2D eigenvalue weighted by atomic mass is 10.1. The molecule has 1 aromatic carbocycles. The zero-order chi connectivity index (χ0) is 18.0. The number of aliphatic imine (C=N–C) groups is 1. The van der Waals surface area contributed by atoms with Crippen LogP contribution in [0.2, 0.25) is 0 Å². The van der Waals surface area contributed by atoms with E-state index in [1.165, 1.54) is 6.26 Å². The van der Waals surface area contributed by atoms with Gasteiger partial charge in [-0.2, -0.15) is 0 Å². The molecule has 25 heavy (non-hydrogen) atoms. The lowest BCUT2D eigenvalue weighted by Crippen LogP contribution is -2.43. The molecule has 0 fully saturated rings. The van der Waals surface area contributed by atoms with E-state index >= 15 is 0 Å². The van der Waals surface area contributed by atoms with E-state index in [-0.39, 0.29) is 35.8 Å². The van der Waals surface area contributed by atoms with Crippen LogP contribution in [0.15, 0.2) is 29.3 Å². The van der Waals surface area contributed by atoms with Crippen LogP contribution >= 0.6 is 24.0 Å². The Balaban J connectivity index is 0.00000576. The molecule has 8 heteroatoms. The summed E-state index contributed by atoms with van der Waals surface area (Å²) in [5, 5.41) is 6.46. The van der Waals surface area contributed by atoms with Crippen LogP contribution in [-0.4, -0.2) is 52.6 Å². The van der Waals surface area contributed by atoms with Crippen molar-refractivity contribution in [2.24, 2.45) is 4.99 Å². The normalized spacial score (nSPS) is 12.9. The Morgan fingerprint density at radius 1 is 1.32 bits per heavy atom. The van der Waals surface area contributed by atoms with Gasteiger partial charge in [0.15, 0.2) is 5.96 Å². The first kappa shape index (κ1) is 24.0. The SMILES string of the molecule is CCOc1ccccc1CCNC(=NC)NC(C)CCS(C)(=O)=O.I. The van der Waals surface area contributed by atoms with Crippen molar-refractivity contribution >= 4 is 39.8 Å². The van der Waals surface area contributed by atoms with E-state index in [1.807, 2.05) is 32.0 Å². The Bertz CT molecular complexity index is 636. The van der Waals surface area contributed by atoms with Gasteiger partial charge in [-0.15, -0.1) is 24.0 Å². The molecule has 0 aliphatic rings. The number of hydrogen-bond acceptors (Lipinski definition) is 4. The number of sulfone groups is 1. The highest BCUT2D eigenvalue weighted by atomic mass is 127. The number of ether oxygens (including phenoxy) is 1. The molecule has 1 rings (SSSR count). The predicted octanol–water partition coefficient (Wildman–Crippen LogP) is 2.23. The molecule has 1 atom stereocenters. The van der Waals surface area contributed by atoms with Gasteiger partial charge in [0.05, 0.1) is 12.4 Å². The van der Waals surface area contributed by atoms with Gasteiger partial charge in [0.1, 0.15) is 15.6 Å². The Morgan fingerprint density at radius 2 is 2.00 bits per heavy atom. The molecule has 0 aliphatic carbocycles. The lowest BCUT2D eigenvalue weighted by Gasteiger charge is -2.18. The van der Waals surface area contributed by atoms with Gasteiger partial charge in [0, 0.05) is 25.9 Å². The molecule has 0 saturated carbocycles. The van der Waals surface area contributed by atoms with Gasteiger partial charge in [0.2, 0.25) is 0 Å². The average Bonchev–Trinajstić information content (AvgIpc) is 2.53. The summed E-state index contributed by atoms with van der Waals surface area (Å²) in [6.07, 6.45) is 2.61. The summed E-state index contributed by atoms with van der Waals surface area (Å²) in [7, 11) is -1.24. The first-order valence-corrected chi connectivity index (χ1v) is 10.3. The molecule has 0 saturated heterocycles. The van der Waals surface area contributed by atoms with Gasteiger partial charge in [-0.25, -0.2) is 8.42 Å². The van der Waals surface area contributed by atoms with Crippen LogP contribution in [0, 0.1) is 0 Å². The third-order valence-electron chi connectivity index (χ3n) is 3.49. The molecule has 6 nitrogen and oxygen atoms in total. The monoisotopic (exact) mass is 483 g/mol. The van der Waals surface area contributed by atoms with E-state index in [2.05, 4.69) is 21.7 Å². The van der Waals surface area contributed by atoms with Crippen LogP contribution < -0.4 is 15.4 Å². The third-order valence-corrected chi connectivity index (χ3v) is 4.46. The average molecular weight is 483 g/mol. The highest BCUT2D eigenvalue weighted by Crippen LogP contribution is 2.17. The molecule has 0 spiro atoms. The fourth-order valence-electron chi connectivity index (χ4n) is 2.21. The van der Waals surface area contributed by atoms with Crippen molar-refractivity contribution in [2.75, 3.05) is 32.2 Å². The molecule has 0 radical (unpaired) electrons. The second kappa shape index (κ2) is 12.3. The molecule has 1 aromatic rings. The van der Waals surface area contributed by atoms with Crippen LogP contribution in [0.3, 0.4) is 0 Å². The molecule has 0 amide bonds. The van der Waals surface area contributed by atoms with Crippen LogP contribution in [0.4, 0.5) is 0 Å². The zero-order valence-electron chi connectivity index (χ0n) is 15.4. The minimum atomic E-state index is -2.94. The summed E-state index contributed by atoms with van der Waals surface area (Å²) in [5.74, 6) is 1.75. The van der Waals surface area contributed by atoms with Gasteiger partial charge in [-0.1, -0.05) is 18.2 Å². The molecule has 0 aliphatic heterocycles. The minimum absolute atomic E-state index is 0. The summed E-state index contributed by atoms with van der Waals surface area (Å²) in [6.45, 7) is 5.27. The second-order valence-electron chi connectivity index (χ2n) is 5.75. The number of hydrogen-bond donors (Lipinski definition) is 2. The maximum Gasteiger partial charge on any atom is 0.191 e. The van der Waals surface area contributed by atoms with Crippen molar-refractivity contribution < 1.29 is 13.2 Å². The van der Waals surface area contributed by atoms with Crippen molar-refractivity contribution in [3.05, 3.63) is 29.8 Å². The van der Waals surface area contributed by atoms with Crippen molar-refractivity contribution in [1.29, 1.82) is 0 Å². The van der Waals surface area contributed by atoms with Crippen LogP contribution in [0.25, 0.3) is 0 Å². The van der Waals surface area contributed by atoms with Gasteiger partial charge in [-0.05, 0) is 38.3 Å². The van der Waals surface area contributed by atoms with Gasteiger partial charge >= 0.3 is 0 Å². The second-order valence-corrected chi connectivity index (χ2v) is 8.01. The van der Waals surface area contributed by atoms with Crippen molar-refractivity contribution in [3.63, 3.8) is 0 Å². The molecule has 0 heterocycles. The number of halogens is 1. The smallest absolute Gasteiger partial charge is 0.191 e. The van der Waals surface area contributed by atoms with Crippen molar-refractivity contribution in [1.82, 2.24) is 10.6 Å². The standard InChI is InChI=1S/C17H29N3O3S.HI/c1-5-23-16-9-7-6-8-15(16)10-12-19-17(18-3)20-14(2)11-13-24(4,21)22;/h6-9,14H,5,10-13H2,1-4H3,(H2,18,19,20);1H. The summed E-state index contributed by atoms with van der Waals surface area (Å²) in [4.78, 5) is 4.18. The quantitative estimate of drug-likeness (QED) is 0.320. The zero-order valence-corrected chi connectivity index (χ0v) is 18.6. The van der Waals surface area contributed by atoms with Gasteiger partial charge < -0.3 is 15.4 Å². The summed E-state index contributed by atoms with van der Waals surface area (Å²) in [5.41, 5.74) is 1.15. The number of para-hydroxylation sites is 1. The predicted molar refractivity (Wildman–Crippen MR) is 115 cm³/mol. The topological polar surface area (TPSA) is 79.8 Å². The van der Waals surface area contributed by atoms with E-state index in [4.69, 9.17) is 4.74 Å². The number of guanidine groups is 1. The maximum absolute atomic E-state index is 11.2. The number of nitrogens with one attached hydrogen (secondary N) is 2. The summed E-state index contributed by atoms with van der Waals surface area (Å²) in [6, 6.07) is 8.02. The van der Waals surface area contributed by atoms with Crippen LogP contribution in [-0.2, 0) is 16.3 Å². The van der Waals surface area contributed by atoms with Crippen molar-refractivity contribution in [2.45, 2.75) is 32.7 Å². The number of nitrogens with zero attached hydrogens (tertiary/aromatic N) is 1. The molecule has 0 bridgehead atoms. The van der Waals surface area contributed by atoms with E-state index in [1.54, 1.807) is 7.05 Å². The summed E-state index contributed by atoms with van der Waals surface area (Å²) >= 11 is 0. The highest BCUT2D eigenvalue weighted by molar-refractivity contribution is 14.0. The number of benzene rings is 1. The van der Waals surface area contributed by atoms with E-state index in [0.717, 1.165) is 17.7 Å². The van der Waals surface area contributed by atoms with Crippen LogP contribution in [0.1, 0.15) is 25.8 Å². The largest absolute Gasteiger partial charge is 0.494 e. The molecule has 2 N–H and O–H groups in total. The first-order chi connectivity index (χ1) is 11.4. The lowest BCUT2D eigenvalue weighted by molar-refractivity contribution is 0.336. The first-order valence-electron chi connectivity index (χ1n) is 8.21. The molecule has 0 aromatic heterocycles. The van der Waals surface area contributed by atoms with Gasteiger partial charge in [0.25, 0.3) is 0 Å². The summed E-state index contributed by atoms with van der Waals surface area (Å²) < 4.78 is 28.1. The maximum atomic E-state index is 11.2. The van der Waals surface area contributed by atoms with Crippen LogP contribution in [0.5, 0.6) is 5.75 Å². The fourth-order valence-corrected chi connectivity index (χ4v) is 3.00. The highest BCUT2D eigenvalue weighted by Gasteiger charge is 2.09. The fraction of sp³-hybridized carbons (Fsp3) is 0.588. The third kappa shape index (κ3) is 10.5. The molecule has 1 unspecified atom stereocenters. The Labute approximate surface area is 168 Å². The molecular weight excluding hydrogens is 453 g/mol. The van der Waals surface area contributed by atoms with E-state index in [9.17, 15) is 8.42 Å². The van der Waals surface area contributed by atoms with Crippen molar-refractivity contribution in [3.8, 4) is 5.75 Å². The Kier molecular flexibility index (Phi) is 11.8. The Morgan fingerprint density at radius 3 is 2.60 bits per heavy atom. The van der Waals surface area contributed by atoms with E-state index < -0.39 is 9.84 Å². The Hall–Kier alpha value is -1.03.